The van der Waals surface area contributed by atoms with E-state index in [2.05, 4.69) is 22.9 Å². The predicted octanol–water partition coefficient (Wildman–Crippen LogP) is 1.89. The smallest absolute Gasteiger partial charge is 0.278 e. The van der Waals surface area contributed by atoms with Crippen LogP contribution >= 0.6 is 0 Å². The lowest BCUT2D eigenvalue weighted by Gasteiger charge is -2.28. The largest absolute Gasteiger partial charge is 0.342 e. The van der Waals surface area contributed by atoms with Crippen LogP contribution in [0.2, 0.25) is 0 Å². The monoisotopic (exact) mass is 346 g/mol. The van der Waals surface area contributed by atoms with Crippen molar-refractivity contribution in [3.05, 3.63) is 29.3 Å². The Morgan fingerprint density at radius 2 is 1.84 bits per heavy atom. The third-order valence-electron chi connectivity index (χ3n) is 5.30. The molecule has 1 aromatic rings. The normalized spacial score (nSPS) is 21.4. The summed E-state index contributed by atoms with van der Waals surface area (Å²) >= 11 is 0. The van der Waals surface area contributed by atoms with E-state index in [1.165, 1.54) is 25.7 Å². The molecular weight excluding hydrogens is 314 g/mol. The van der Waals surface area contributed by atoms with E-state index in [0.717, 1.165) is 16.8 Å². The standard InChI is InChI=1S/C20H31N3O2/c1-13-8-5-6-11-17(13)22-16(4)20(25)21-12-18(24)23-19-14(2)9-7-10-15(19)3/h7,9-10,13,16-17,22H,5-6,8,11-12H2,1-4H3,(H,21,25)(H,23,24)/p+1/t13-,16-,17-/m0/s1. The number of hydrogen-bond acceptors (Lipinski definition) is 2. The van der Waals surface area contributed by atoms with Gasteiger partial charge in [0.25, 0.3) is 5.91 Å². The molecule has 25 heavy (non-hydrogen) atoms. The number of rotatable bonds is 6. The highest BCUT2D eigenvalue weighted by molar-refractivity contribution is 5.96. The van der Waals surface area contributed by atoms with Crippen LogP contribution in [0.4, 0.5) is 5.69 Å². The number of carbonyl (C=O) groups is 2. The van der Waals surface area contributed by atoms with E-state index in [1.54, 1.807) is 0 Å². The van der Waals surface area contributed by atoms with E-state index in [0.29, 0.717) is 12.0 Å². The zero-order valence-corrected chi connectivity index (χ0v) is 15.9. The first-order valence-corrected chi connectivity index (χ1v) is 9.37. The van der Waals surface area contributed by atoms with Crippen molar-refractivity contribution in [2.75, 3.05) is 11.9 Å². The molecular formula is C20H32N3O2+. The minimum atomic E-state index is -0.191. The van der Waals surface area contributed by atoms with Crippen LogP contribution in [0.25, 0.3) is 0 Å². The van der Waals surface area contributed by atoms with Crippen LogP contribution in [0.15, 0.2) is 18.2 Å². The molecule has 0 unspecified atom stereocenters. The van der Waals surface area contributed by atoms with Crippen molar-refractivity contribution < 1.29 is 14.9 Å². The van der Waals surface area contributed by atoms with Crippen molar-refractivity contribution in [2.24, 2.45) is 5.92 Å². The van der Waals surface area contributed by atoms with Gasteiger partial charge in [-0.2, -0.15) is 0 Å². The Kier molecular flexibility index (Phi) is 7.00. The van der Waals surface area contributed by atoms with Gasteiger partial charge >= 0.3 is 0 Å². The van der Waals surface area contributed by atoms with Crippen LogP contribution in [0, 0.1) is 19.8 Å². The minimum Gasteiger partial charge on any atom is -0.342 e. The van der Waals surface area contributed by atoms with Crippen LogP contribution in [0.3, 0.4) is 0 Å². The Hall–Kier alpha value is -1.88. The van der Waals surface area contributed by atoms with E-state index >= 15 is 0 Å². The van der Waals surface area contributed by atoms with Crippen molar-refractivity contribution in [1.29, 1.82) is 0 Å². The molecule has 0 heterocycles. The summed E-state index contributed by atoms with van der Waals surface area (Å²) in [6.45, 7) is 8.11. The zero-order valence-electron chi connectivity index (χ0n) is 15.9. The van der Waals surface area contributed by atoms with Gasteiger partial charge in [-0.3, -0.25) is 9.59 Å². The summed E-state index contributed by atoms with van der Waals surface area (Å²) in [5, 5.41) is 7.83. The van der Waals surface area contributed by atoms with Gasteiger partial charge in [0.15, 0.2) is 6.04 Å². The highest BCUT2D eigenvalue weighted by Crippen LogP contribution is 2.21. The lowest BCUT2D eigenvalue weighted by Crippen LogP contribution is -2.97. The first-order valence-electron chi connectivity index (χ1n) is 9.37. The molecule has 1 aliphatic rings. The van der Waals surface area contributed by atoms with E-state index in [9.17, 15) is 9.59 Å². The zero-order chi connectivity index (χ0) is 18.4. The summed E-state index contributed by atoms with van der Waals surface area (Å²) < 4.78 is 0. The molecule has 1 saturated carbocycles. The maximum atomic E-state index is 12.3. The van der Waals surface area contributed by atoms with Crippen LogP contribution in [-0.2, 0) is 9.59 Å². The number of anilines is 1. The van der Waals surface area contributed by atoms with Crippen molar-refractivity contribution in [3.8, 4) is 0 Å². The Morgan fingerprint density at radius 1 is 1.20 bits per heavy atom. The van der Waals surface area contributed by atoms with Crippen molar-refractivity contribution in [2.45, 2.75) is 65.5 Å². The van der Waals surface area contributed by atoms with Gasteiger partial charge in [0.1, 0.15) is 0 Å². The summed E-state index contributed by atoms with van der Waals surface area (Å²) in [5.41, 5.74) is 2.87. The van der Waals surface area contributed by atoms with Crippen molar-refractivity contribution in [1.82, 2.24) is 5.32 Å². The Balaban J connectivity index is 1.79. The second-order valence-corrected chi connectivity index (χ2v) is 7.44. The highest BCUT2D eigenvalue weighted by atomic mass is 16.2. The van der Waals surface area contributed by atoms with E-state index in [-0.39, 0.29) is 24.4 Å². The molecule has 0 saturated heterocycles. The molecule has 1 fully saturated rings. The summed E-state index contributed by atoms with van der Waals surface area (Å²) in [5.74, 6) is 0.384. The molecule has 2 rings (SSSR count). The molecule has 1 aliphatic carbocycles. The van der Waals surface area contributed by atoms with Gasteiger partial charge < -0.3 is 16.0 Å². The lowest BCUT2D eigenvalue weighted by atomic mass is 9.85. The van der Waals surface area contributed by atoms with Gasteiger partial charge in [0.2, 0.25) is 5.91 Å². The van der Waals surface area contributed by atoms with E-state index in [1.807, 2.05) is 39.0 Å². The van der Waals surface area contributed by atoms with Gasteiger partial charge in [-0.1, -0.05) is 31.5 Å². The third kappa shape index (κ3) is 5.56. The van der Waals surface area contributed by atoms with Crippen molar-refractivity contribution >= 4 is 17.5 Å². The Labute approximate surface area is 151 Å². The SMILES string of the molecule is Cc1cccc(C)c1NC(=O)CNC(=O)[C@H](C)[NH2+][C@H]1CCCC[C@@H]1C. The number of benzene rings is 1. The van der Waals surface area contributed by atoms with Crippen LogP contribution < -0.4 is 16.0 Å². The maximum Gasteiger partial charge on any atom is 0.278 e. The molecule has 138 valence electrons. The number of quaternary nitrogens is 1. The Morgan fingerprint density at radius 3 is 2.48 bits per heavy atom. The Bertz CT molecular complexity index is 595. The third-order valence-corrected chi connectivity index (χ3v) is 5.30. The molecule has 4 N–H and O–H groups in total. The predicted molar refractivity (Wildman–Crippen MR) is 100 cm³/mol. The minimum absolute atomic E-state index is 0.00497. The first-order chi connectivity index (χ1) is 11.9. The summed E-state index contributed by atoms with van der Waals surface area (Å²) in [6.07, 6.45) is 4.96. The van der Waals surface area contributed by atoms with Crippen LogP contribution in [0.1, 0.15) is 50.7 Å². The fourth-order valence-corrected chi connectivity index (χ4v) is 3.61. The molecule has 0 aromatic heterocycles. The highest BCUT2D eigenvalue weighted by Gasteiger charge is 2.28. The molecule has 2 amide bonds. The summed E-state index contributed by atoms with van der Waals surface area (Å²) in [6, 6.07) is 6.23. The molecule has 1 aromatic carbocycles. The molecule has 0 aliphatic heterocycles. The average molecular weight is 346 g/mol. The number of amides is 2. The molecule has 0 radical (unpaired) electrons. The molecule has 3 atom stereocenters. The second-order valence-electron chi connectivity index (χ2n) is 7.44. The number of para-hydroxylation sites is 1. The van der Waals surface area contributed by atoms with Crippen LogP contribution in [-0.4, -0.2) is 30.4 Å². The lowest BCUT2D eigenvalue weighted by molar-refractivity contribution is -0.714. The number of carbonyl (C=O) groups excluding carboxylic acids is 2. The van der Waals surface area contributed by atoms with Gasteiger partial charge in [-0.25, -0.2) is 0 Å². The van der Waals surface area contributed by atoms with Gasteiger partial charge in [-0.05, 0) is 51.2 Å². The quantitative estimate of drug-likeness (QED) is 0.736. The second kappa shape index (κ2) is 8.99. The number of hydrogen-bond donors (Lipinski definition) is 3. The summed E-state index contributed by atoms with van der Waals surface area (Å²) in [7, 11) is 0. The summed E-state index contributed by atoms with van der Waals surface area (Å²) in [4.78, 5) is 24.4. The van der Waals surface area contributed by atoms with Gasteiger partial charge in [-0.15, -0.1) is 0 Å². The van der Waals surface area contributed by atoms with Crippen LogP contribution in [0.5, 0.6) is 0 Å². The van der Waals surface area contributed by atoms with Gasteiger partial charge in [0, 0.05) is 11.6 Å². The number of aryl methyl sites for hydroxylation is 2. The molecule has 5 heteroatoms. The molecule has 0 bridgehead atoms. The average Bonchev–Trinajstić information content (AvgIpc) is 2.58. The fourth-order valence-electron chi connectivity index (χ4n) is 3.61. The van der Waals surface area contributed by atoms with Crippen molar-refractivity contribution in [3.63, 3.8) is 0 Å². The number of nitrogens with one attached hydrogen (secondary N) is 2. The van der Waals surface area contributed by atoms with E-state index < -0.39 is 0 Å². The number of nitrogens with two attached hydrogens (primary N) is 1. The maximum absolute atomic E-state index is 12.3. The fraction of sp³-hybridized carbons (Fsp3) is 0.600. The van der Waals surface area contributed by atoms with Gasteiger partial charge in [0.05, 0.1) is 12.6 Å². The molecule has 5 nitrogen and oxygen atoms in total. The van der Waals surface area contributed by atoms with E-state index in [4.69, 9.17) is 0 Å². The topological polar surface area (TPSA) is 74.8 Å². The molecule has 0 spiro atoms. The first kappa shape index (κ1) is 19.4.